The Kier molecular flexibility index (Phi) is 3.43. The maximum absolute atomic E-state index is 2.49. The van der Waals surface area contributed by atoms with Crippen LogP contribution in [0.1, 0.15) is 0 Å². The summed E-state index contributed by atoms with van der Waals surface area (Å²) in [6.07, 6.45) is 0. The summed E-state index contributed by atoms with van der Waals surface area (Å²) in [5.74, 6) is 0. The third-order valence-corrected chi connectivity index (χ3v) is 4.50. The first-order valence-corrected chi connectivity index (χ1v) is 7.94. The van der Waals surface area contributed by atoms with Crippen LogP contribution < -0.4 is 9.80 Å². The fourth-order valence-electron chi connectivity index (χ4n) is 3.24. The van der Waals surface area contributed by atoms with Crippen molar-refractivity contribution in [2.45, 2.75) is 0 Å². The minimum absolute atomic E-state index is 1.08. The van der Waals surface area contributed by atoms with E-state index < -0.39 is 0 Å². The van der Waals surface area contributed by atoms with Gasteiger partial charge in [-0.05, 0) is 35.0 Å². The first-order chi connectivity index (χ1) is 10.9. The number of benzene rings is 3. The molecule has 0 unspecified atom stereocenters. The van der Waals surface area contributed by atoms with Crippen molar-refractivity contribution in [1.82, 2.24) is 0 Å². The summed E-state index contributed by atoms with van der Waals surface area (Å²) in [5, 5.41) is 2.64. The second-order valence-electron chi connectivity index (χ2n) is 5.84. The zero-order valence-electron chi connectivity index (χ0n) is 12.7. The molecule has 0 aromatic heterocycles. The molecule has 0 saturated carbocycles. The van der Waals surface area contributed by atoms with Gasteiger partial charge in [0.2, 0.25) is 0 Å². The number of piperazine rings is 1. The maximum Gasteiger partial charge on any atom is 0.0373 e. The topological polar surface area (TPSA) is 6.48 Å². The average molecular weight is 288 g/mol. The van der Waals surface area contributed by atoms with Crippen LogP contribution >= 0.6 is 0 Å². The minimum atomic E-state index is 1.08. The van der Waals surface area contributed by atoms with Crippen molar-refractivity contribution in [2.24, 2.45) is 0 Å². The van der Waals surface area contributed by atoms with E-state index in [1.165, 1.54) is 22.1 Å². The lowest BCUT2D eigenvalue weighted by atomic mass is 10.1. The molecule has 1 aliphatic heterocycles. The van der Waals surface area contributed by atoms with Gasteiger partial charge in [-0.3, -0.25) is 0 Å². The van der Waals surface area contributed by atoms with Gasteiger partial charge in [-0.15, -0.1) is 0 Å². The van der Waals surface area contributed by atoms with Crippen molar-refractivity contribution in [2.75, 3.05) is 36.0 Å². The van der Waals surface area contributed by atoms with Crippen LogP contribution in [0.2, 0.25) is 0 Å². The van der Waals surface area contributed by atoms with Crippen molar-refractivity contribution in [1.29, 1.82) is 0 Å². The van der Waals surface area contributed by atoms with E-state index in [1.54, 1.807) is 0 Å². The van der Waals surface area contributed by atoms with Gasteiger partial charge >= 0.3 is 0 Å². The largest absolute Gasteiger partial charge is 0.368 e. The number of hydrogen-bond donors (Lipinski definition) is 0. The molecule has 0 bridgehead atoms. The number of fused-ring (bicyclic) bond motifs is 1. The molecule has 2 heteroatoms. The molecule has 3 aromatic carbocycles. The van der Waals surface area contributed by atoms with E-state index in [2.05, 4.69) is 82.6 Å². The third kappa shape index (κ3) is 2.52. The van der Waals surface area contributed by atoms with Crippen LogP contribution in [-0.2, 0) is 0 Å². The lowest BCUT2D eigenvalue weighted by Gasteiger charge is -2.37. The molecule has 1 heterocycles. The molecule has 0 atom stereocenters. The summed E-state index contributed by atoms with van der Waals surface area (Å²) in [7, 11) is 0. The van der Waals surface area contributed by atoms with E-state index >= 15 is 0 Å². The van der Waals surface area contributed by atoms with Gasteiger partial charge in [-0.2, -0.15) is 0 Å². The van der Waals surface area contributed by atoms with Crippen molar-refractivity contribution in [3.05, 3.63) is 72.8 Å². The monoisotopic (exact) mass is 288 g/mol. The third-order valence-electron chi connectivity index (χ3n) is 4.50. The maximum atomic E-state index is 2.49. The molecule has 0 radical (unpaired) electrons. The van der Waals surface area contributed by atoms with Gasteiger partial charge in [0.05, 0.1) is 0 Å². The second kappa shape index (κ2) is 5.72. The highest BCUT2D eigenvalue weighted by atomic mass is 15.3. The second-order valence-corrected chi connectivity index (χ2v) is 5.84. The van der Waals surface area contributed by atoms with Crippen LogP contribution in [-0.4, -0.2) is 26.2 Å². The number of hydrogen-bond acceptors (Lipinski definition) is 2. The van der Waals surface area contributed by atoms with E-state index in [-0.39, 0.29) is 0 Å². The summed E-state index contributed by atoms with van der Waals surface area (Å²) < 4.78 is 0. The van der Waals surface area contributed by atoms with Crippen LogP contribution in [0.4, 0.5) is 11.4 Å². The fraction of sp³-hybridized carbons (Fsp3) is 0.200. The van der Waals surface area contributed by atoms with Crippen LogP contribution in [0.3, 0.4) is 0 Å². The van der Waals surface area contributed by atoms with Crippen molar-refractivity contribution < 1.29 is 0 Å². The number of nitrogens with zero attached hydrogens (tertiary/aromatic N) is 2. The van der Waals surface area contributed by atoms with Crippen LogP contribution in [0.5, 0.6) is 0 Å². The lowest BCUT2D eigenvalue weighted by molar-refractivity contribution is 0.654. The fourth-order valence-corrected chi connectivity index (χ4v) is 3.24. The summed E-state index contributed by atoms with van der Waals surface area (Å²) in [4.78, 5) is 4.96. The Morgan fingerprint density at radius 3 is 1.82 bits per heavy atom. The molecule has 0 aliphatic carbocycles. The Hall–Kier alpha value is -2.48. The molecule has 3 aromatic rings. The normalized spacial score (nSPS) is 15.3. The molecule has 1 fully saturated rings. The Labute approximate surface area is 131 Å². The first-order valence-electron chi connectivity index (χ1n) is 7.94. The van der Waals surface area contributed by atoms with E-state index in [1.807, 2.05) is 0 Å². The molecular weight excluding hydrogens is 268 g/mol. The molecule has 22 heavy (non-hydrogen) atoms. The first kappa shape index (κ1) is 13.2. The van der Waals surface area contributed by atoms with Gasteiger partial charge < -0.3 is 9.80 Å². The van der Waals surface area contributed by atoms with Crippen molar-refractivity contribution in [3.8, 4) is 0 Å². The van der Waals surface area contributed by atoms with E-state index in [0.717, 1.165) is 26.2 Å². The van der Waals surface area contributed by atoms with E-state index in [9.17, 15) is 0 Å². The zero-order valence-corrected chi connectivity index (χ0v) is 12.7. The molecule has 110 valence electrons. The Morgan fingerprint density at radius 2 is 1.09 bits per heavy atom. The highest BCUT2D eigenvalue weighted by Crippen LogP contribution is 2.24. The minimum Gasteiger partial charge on any atom is -0.368 e. The highest BCUT2D eigenvalue weighted by Gasteiger charge is 2.17. The summed E-state index contributed by atoms with van der Waals surface area (Å²) in [6.45, 7) is 4.31. The molecule has 0 spiro atoms. The average Bonchev–Trinajstić information content (AvgIpc) is 2.62. The highest BCUT2D eigenvalue weighted by molar-refractivity contribution is 5.85. The molecule has 2 nitrogen and oxygen atoms in total. The zero-order chi connectivity index (χ0) is 14.8. The quantitative estimate of drug-likeness (QED) is 0.698. The Bertz CT molecular complexity index is 759. The summed E-state index contributed by atoms with van der Waals surface area (Å²) in [5.41, 5.74) is 2.67. The number of para-hydroxylation sites is 1. The molecule has 4 rings (SSSR count). The van der Waals surface area contributed by atoms with Gasteiger partial charge in [0.15, 0.2) is 0 Å². The van der Waals surface area contributed by atoms with Crippen LogP contribution in [0.25, 0.3) is 10.8 Å². The SMILES string of the molecule is c1ccc(N2CCN(c3ccc4ccccc4c3)CC2)cc1. The van der Waals surface area contributed by atoms with Crippen molar-refractivity contribution >= 4 is 22.1 Å². The predicted octanol–water partition coefficient (Wildman–Crippen LogP) is 4.17. The Morgan fingerprint density at radius 1 is 0.500 bits per heavy atom. The van der Waals surface area contributed by atoms with Gasteiger partial charge in [0, 0.05) is 37.6 Å². The van der Waals surface area contributed by atoms with Crippen LogP contribution in [0.15, 0.2) is 72.8 Å². The Balaban J connectivity index is 1.50. The van der Waals surface area contributed by atoms with Gasteiger partial charge in [-0.25, -0.2) is 0 Å². The van der Waals surface area contributed by atoms with Gasteiger partial charge in [0.1, 0.15) is 0 Å². The smallest absolute Gasteiger partial charge is 0.0373 e. The summed E-state index contributed by atoms with van der Waals surface area (Å²) in [6, 6.07) is 26.1. The molecular formula is C20H20N2. The van der Waals surface area contributed by atoms with Gasteiger partial charge in [-0.1, -0.05) is 48.5 Å². The predicted molar refractivity (Wildman–Crippen MR) is 94.8 cm³/mol. The van der Waals surface area contributed by atoms with E-state index in [0.29, 0.717) is 0 Å². The van der Waals surface area contributed by atoms with Crippen LogP contribution in [0, 0.1) is 0 Å². The molecule has 0 amide bonds. The summed E-state index contributed by atoms with van der Waals surface area (Å²) >= 11 is 0. The van der Waals surface area contributed by atoms with E-state index in [4.69, 9.17) is 0 Å². The lowest BCUT2D eigenvalue weighted by Crippen LogP contribution is -2.46. The molecule has 1 saturated heterocycles. The molecule has 0 N–H and O–H groups in total. The van der Waals surface area contributed by atoms with Crippen molar-refractivity contribution in [3.63, 3.8) is 0 Å². The number of anilines is 2. The standard InChI is InChI=1S/C20H20N2/c1-2-8-19(9-3-1)21-12-14-22(15-13-21)20-11-10-17-6-4-5-7-18(17)16-20/h1-11,16H,12-15H2. The number of rotatable bonds is 2. The molecule has 1 aliphatic rings. The van der Waals surface area contributed by atoms with Gasteiger partial charge in [0.25, 0.3) is 0 Å².